The first kappa shape index (κ1) is 14.5. The molecule has 2 heterocycles. The second-order valence-corrected chi connectivity index (χ2v) is 5.32. The van der Waals surface area contributed by atoms with E-state index in [0.717, 1.165) is 16.5 Å². The number of carbonyl (C=O) groups excluding carboxylic acids is 1. The highest BCUT2D eigenvalue weighted by molar-refractivity contribution is 7.14. The molecule has 0 aliphatic carbocycles. The topological polar surface area (TPSA) is 72.9 Å². The van der Waals surface area contributed by atoms with Crippen molar-refractivity contribution in [2.75, 3.05) is 0 Å². The van der Waals surface area contributed by atoms with E-state index >= 15 is 0 Å². The lowest BCUT2D eigenvalue weighted by Gasteiger charge is -2.02. The van der Waals surface area contributed by atoms with Gasteiger partial charge < -0.3 is 0 Å². The Labute approximate surface area is 116 Å². The molecule has 2 aromatic rings. The van der Waals surface area contributed by atoms with Crippen molar-refractivity contribution in [3.8, 4) is 0 Å². The van der Waals surface area contributed by atoms with Gasteiger partial charge in [0, 0.05) is 11.1 Å². The second-order valence-electron chi connectivity index (χ2n) is 4.06. The molecule has 108 valence electrons. The van der Waals surface area contributed by atoms with Crippen molar-refractivity contribution in [2.45, 2.75) is 19.6 Å². The second kappa shape index (κ2) is 5.25. The van der Waals surface area contributed by atoms with Crippen LogP contribution in [0, 0.1) is 6.92 Å². The predicted octanol–water partition coefficient (Wildman–Crippen LogP) is 1.92. The van der Waals surface area contributed by atoms with Crippen molar-refractivity contribution in [1.82, 2.24) is 15.2 Å². The highest BCUT2D eigenvalue weighted by Gasteiger charge is 2.33. The Morgan fingerprint density at radius 2 is 2.25 bits per heavy atom. The predicted molar refractivity (Wildman–Crippen MR) is 67.0 cm³/mol. The van der Waals surface area contributed by atoms with Gasteiger partial charge in [0.1, 0.15) is 0 Å². The quantitative estimate of drug-likeness (QED) is 0.517. The van der Waals surface area contributed by atoms with Crippen molar-refractivity contribution in [3.63, 3.8) is 0 Å². The summed E-state index contributed by atoms with van der Waals surface area (Å²) in [6.45, 7) is 1.94. The number of nitrogen functional groups attached to an aromatic ring is 1. The van der Waals surface area contributed by atoms with Gasteiger partial charge in [-0.2, -0.15) is 18.3 Å². The number of nitrogens with zero attached hydrogens (tertiary/aromatic N) is 2. The third-order valence-corrected chi connectivity index (χ3v) is 3.73. The average Bonchev–Trinajstić information content (AvgIpc) is 2.96. The average molecular weight is 304 g/mol. The molecule has 0 saturated heterocycles. The summed E-state index contributed by atoms with van der Waals surface area (Å²) in [5, 5.41) is 3.46. The van der Waals surface area contributed by atoms with Gasteiger partial charge in [-0.1, -0.05) is 0 Å². The van der Waals surface area contributed by atoms with Crippen molar-refractivity contribution >= 4 is 17.2 Å². The van der Waals surface area contributed by atoms with Gasteiger partial charge in [0.25, 0.3) is 5.91 Å². The Balaban J connectivity index is 2.20. The summed E-state index contributed by atoms with van der Waals surface area (Å²) in [6, 6.07) is 2.51. The molecule has 9 heteroatoms. The molecule has 2 rings (SSSR count). The molecule has 0 aromatic carbocycles. The fraction of sp³-hybridized carbons (Fsp3) is 0.273. The molecule has 0 unspecified atom stereocenters. The third-order valence-electron chi connectivity index (χ3n) is 2.64. The number of hydrazine groups is 1. The SMILES string of the molecule is Cc1sc(C(=O)NN)cc1Cn1ccc(C(F)(F)F)n1. The largest absolute Gasteiger partial charge is 0.435 e. The smallest absolute Gasteiger partial charge is 0.289 e. The molecule has 20 heavy (non-hydrogen) atoms. The summed E-state index contributed by atoms with van der Waals surface area (Å²) in [4.78, 5) is 12.6. The lowest BCUT2D eigenvalue weighted by Crippen LogP contribution is -2.29. The van der Waals surface area contributed by atoms with E-state index in [2.05, 4.69) is 5.10 Å². The van der Waals surface area contributed by atoms with Gasteiger partial charge in [-0.05, 0) is 24.6 Å². The van der Waals surface area contributed by atoms with E-state index in [9.17, 15) is 18.0 Å². The Morgan fingerprint density at radius 1 is 1.55 bits per heavy atom. The first-order valence-corrected chi connectivity index (χ1v) is 6.34. The zero-order valence-electron chi connectivity index (χ0n) is 10.4. The number of alkyl halides is 3. The number of aryl methyl sites for hydroxylation is 1. The molecule has 0 spiro atoms. The molecular formula is C11H11F3N4OS. The van der Waals surface area contributed by atoms with E-state index in [4.69, 9.17) is 5.84 Å². The van der Waals surface area contributed by atoms with E-state index in [-0.39, 0.29) is 6.54 Å². The molecule has 0 saturated carbocycles. The van der Waals surface area contributed by atoms with Gasteiger partial charge in [0.15, 0.2) is 5.69 Å². The lowest BCUT2D eigenvalue weighted by molar-refractivity contribution is -0.141. The Bertz CT molecular complexity index is 632. The summed E-state index contributed by atoms with van der Waals surface area (Å²) >= 11 is 1.22. The Morgan fingerprint density at radius 3 is 2.80 bits per heavy atom. The van der Waals surface area contributed by atoms with Crippen LogP contribution in [0.1, 0.15) is 25.8 Å². The standard InChI is InChI=1S/C11H11F3N4OS/c1-6-7(4-8(20-6)10(19)16-15)5-18-3-2-9(17-18)11(12,13)14/h2-4H,5,15H2,1H3,(H,16,19). The number of hydrogen-bond acceptors (Lipinski definition) is 4. The molecule has 0 aliphatic rings. The van der Waals surface area contributed by atoms with E-state index in [1.54, 1.807) is 13.0 Å². The zero-order chi connectivity index (χ0) is 14.9. The highest BCUT2D eigenvalue weighted by atomic mass is 32.1. The van der Waals surface area contributed by atoms with Crippen LogP contribution < -0.4 is 11.3 Å². The van der Waals surface area contributed by atoms with E-state index in [0.29, 0.717) is 4.88 Å². The molecular weight excluding hydrogens is 293 g/mol. The molecule has 0 bridgehead atoms. The lowest BCUT2D eigenvalue weighted by atomic mass is 10.2. The van der Waals surface area contributed by atoms with E-state index in [1.807, 2.05) is 5.43 Å². The molecule has 5 nitrogen and oxygen atoms in total. The van der Waals surface area contributed by atoms with Crippen LogP contribution in [0.3, 0.4) is 0 Å². The Hall–Kier alpha value is -1.87. The fourth-order valence-corrected chi connectivity index (χ4v) is 2.57. The number of halogens is 3. The van der Waals surface area contributed by atoms with Crippen LogP contribution in [-0.2, 0) is 12.7 Å². The maximum atomic E-state index is 12.4. The third kappa shape index (κ3) is 2.99. The van der Waals surface area contributed by atoms with E-state index in [1.165, 1.54) is 22.2 Å². The number of amides is 1. The van der Waals surface area contributed by atoms with Crippen LogP contribution in [0.4, 0.5) is 13.2 Å². The number of nitrogens with one attached hydrogen (secondary N) is 1. The summed E-state index contributed by atoms with van der Waals surface area (Å²) in [7, 11) is 0. The van der Waals surface area contributed by atoms with Gasteiger partial charge in [0.05, 0.1) is 11.4 Å². The van der Waals surface area contributed by atoms with Crippen LogP contribution in [0.5, 0.6) is 0 Å². The number of thiophene rings is 1. The van der Waals surface area contributed by atoms with Gasteiger partial charge in [-0.15, -0.1) is 11.3 Å². The minimum absolute atomic E-state index is 0.163. The normalized spacial score (nSPS) is 11.7. The van der Waals surface area contributed by atoms with Gasteiger partial charge in [-0.3, -0.25) is 14.9 Å². The molecule has 0 aliphatic heterocycles. The van der Waals surface area contributed by atoms with Crippen LogP contribution >= 0.6 is 11.3 Å². The monoisotopic (exact) mass is 304 g/mol. The summed E-state index contributed by atoms with van der Waals surface area (Å²) < 4.78 is 38.5. The van der Waals surface area contributed by atoms with Crippen LogP contribution in [0.15, 0.2) is 18.3 Å². The minimum Gasteiger partial charge on any atom is -0.289 e. The first-order valence-electron chi connectivity index (χ1n) is 5.52. The zero-order valence-corrected chi connectivity index (χ0v) is 11.2. The minimum atomic E-state index is -4.46. The summed E-state index contributed by atoms with van der Waals surface area (Å²) in [5.41, 5.74) is 1.80. The van der Waals surface area contributed by atoms with Crippen molar-refractivity contribution in [2.24, 2.45) is 5.84 Å². The number of nitrogens with two attached hydrogens (primary N) is 1. The van der Waals surface area contributed by atoms with Crippen molar-refractivity contribution in [3.05, 3.63) is 39.3 Å². The first-order chi connectivity index (χ1) is 9.31. The number of carbonyl (C=O) groups is 1. The molecule has 3 N–H and O–H groups in total. The molecule has 0 radical (unpaired) electrons. The van der Waals surface area contributed by atoms with Gasteiger partial charge in [0.2, 0.25) is 0 Å². The highest BCUT2D eigenvalue weighted by Crippen LogP contribution is 2.28. The molecule has 0 fully saturated rings. The van der Waals surface area contributed by atoms with Gasteiger partial charge >= 0.3 is 6.18 Å². The van der Waals surface area contributed by atoms with Crippen LogP contribution in [0.2, 0.25) is 0 Å². The van der Waals surface area contributed by atoms with E-state index < -0.39 is 17.8 Å². The number of rotatable bonds is 3. The Kier molecular flexibility index (Phi) is 3.82. The summed E-state index contributed by atoms with van der Waals surface area (Å²) in [6.07, 6.45) is -3.21. The number of aromatic nitrogens is 2. The van der Waals surface area contributed by atoms with Crippen molar-refractivity contribution < 1.29 is 18.0 Å². The van der Waals surface area contributed by atoms with Crippen LogP contribution in [-0.4, -0.2) is 15.7 Å². The maximum Gasteiger partial charge on any atom is 0.435 e. The van der Waals surface area contributed by atoms with Crippen LogP contribution in [0.25, 0.3) is 0 Å². The fourth-order valence-electron chi connectivity index (χ4n) is 1.64. The van der Waals surface area contributed by atoms with Gasteiger partial charge in [-0.25, -0.2) is 5.84 Å². The summed E-state index contributed by atoms with van der Waals surface area (Å²) in [5.74, 6) is 4.60. The molecule has 0 atom stereocenters. The number of hydrogen-bond donors (Lipinski definition) is 2. The molecule has 2 aromatic heterocycles. The van der Waals surface area contributed by atoms with Crippen molar-refractivity contribution in [1.29, 1.82) is 0 Å². The molecule has 1 amide bonds. The maximum absolute atomic E-state index is 12.4.